The van der Waals surface area contributed by atoms with E-state index in [9.17, 15) is 9.90 Å². The van der Waals surface area contributed by atoms with Gasteiger partial charge in [0, 0.05) is 5.92 Å². The second-order valence-electron chi connectivity index (χ2n) is 12.4. The maximum Gasteiger partial charge on any atom is 0.125 e. The number of hydrogen-bond acceptors (Lipinski definition) is 2. The Kier molecular flexibility index (Phi) is 6.30. The number of carbonyl (C=O) groups excluding carboxylic acids is 1. The molecule has 4 aliphatic carbocycles. The molecule has 170 valence electrons. The van der Waals surface area contributed by atoms with Crippen LogP contribution in [0.5, 0.6) is 0 Å². The lowest BCUT2D eigenvalue weighted by atomic mass is 9.49. The summed E-state index contributed by atoms with van der Waals surface area (Å²) in [5.74, 6) is 3.53. The van der Waals surface area contributed by atoms with E-state index < -0.39 is 6.10 Å². The maximum absolute atomic E-state index is 11.8. The van der Waals surface area contributed by atoms with Crippen molar-refractivity contribution < 1.29 is 9.90 Å². The Morgan fingerprint density at radius 1 is 1.03 bits per heavy atom. The fraction of sp³-hybridized carbons (Fsp3) is 0.893. The molecular formula is C28H46O2. The summed E-state index contributed by atoms with van der Waals surface area (Å²) < 4.78 is 0. The molecule has 0 radical (unpaired) electrons. The Morgan fingerprint density at radius 2 is 1.80 bits per heavy atom. The normalized spacial score (nSPS) is 44.4. The summed E-state index contributed by atoms with van der Waals surface area (Å²) in [5.41, 5.74) is 4.17. The van der Waals surface area contributed by atoms with Gasteiger partial charge in [-0.2, -0.15) is 0 Å². The summed E-state index contributed by atoms with van der Waals surface area (Å²) in [5, 5.41) is 10.5. The summed E-state index contributed by atoms with van der Waals surface area (Å²) in [6.45, 7) is 12.3. The van der Waals surface area contributed by atoms with Crippen LogP contribution in [0.2, 0.25) is 0 Å². The molecule has 0 heterocycles. The number of allylic oxidation sites excluding steroid dienone is 2. The molecule has 2 heteroatoms. The molecule has 0 aromatic rings. The van der Waals surface area contributed by atoms with Crippen LogP contribution >= 0.6 is 0 Å². The molecule has 2 saturated carbocycles. The van der Waals surface area contributed by atoms with E-state index in [0.717, 1.165) is 49.2 Å². The second-order valence-corrected chi connectivity index (χ2v) is 12.4. The smallest absolute Gasteiger partial charge is 0.125 e. The van der Waals surface area contributed by atoms with Crippen molar-refractivity contribution in [3.63, 3.8) is 0 Å². The van der Waals surface area contributed by atoms with Crippen molar-refractivity contribution in [2.75, 3.05) is 0 Å². The van der Waals surface area contributed by atoms with Crippen molar-refractivity contribution in [2.24, 2.45) is 46.3 Å². The minimum Gasteiger partial charge on any atom is -0.392 e. The molecule has 0 bridgehead atoms. The van der Waals surface area contributed by atoms with Gasteiger partial charge in [0.1, 0.15) is 6.29 Å². The zero-order valence-corrected chi connectivity index (χ0v) is 20.3. The van der Waals surface area contributed by atoms with E-state index in [-0.39, 0.29) is 11.3 Å². The van der Waals surface area contributed by atoms with Crippen LogP contribution in [0, 0.1) is 46.3 Å². The zero-order valence-electron chi connectivity index (χ0n) is 20.3. The van der Waals surface area contributed by atoms with Gasteiger partial charge in [-0.25, -0.2) is 0 Å². The van der Waals surface area contributed by atoms with Crippen molar-refractivity contribution in [3.05, 3.63) is 11.1 Å². The van der Waals surface area contributed by atoms with Gasteiger partial charge < -0.3 is 9.90 Å². The van der Waals surface area contributed by atoms with Crippen molar-refractivity contribution in [2.45, 2.75) is 111 Å². The van der Waals surface area contributed by atoms with Crippen LogP contribution in [0.15, 0.2) is 11.1 Å². The molecule has 4 rings (SSSR count). The van der Waals surface area contributed by atoms with Gasteiger partial charge >= 0.3 is 0 Å². The van der Waals surface area contributed by atoms with E-state index in [1.165, 1.54) is 51.4 Å². The van der Waals surface area contributed by atoms with Gasteiger partial charge in [-0.3, -0.25) is 0 Å². The van der Waals surface area contributed by atoms with Gasteiger partial charge in [0.05, 0.1) is 6.10 Å². The minimum absolute atomic E-state index is 0.150. The molecule has 30 heavy (non-hydrogen) atoms. The third-order valence-corrected chi connectivity index (χ3v) is 10.5. The van der Waals surface area contributed by atoms with Crippen molar-refractivity contribution in [3.8, 4) is 0 Å². The molecule has 0 aromatic heterocycles. The van der Waals surface area contributed by atoms with Crippen LogP contribution in [0.3, 0.4) is 0 Å². The second kappa shape index (κ2) is 8.38. The maximum atomic E-state index is 11.8. The molecule has 8 unspecified atom stereocenters. The van der Waals surface area contributed by atoms with Crippen LogP contribution in [-0.2, 0) is 4.79 Å². The molecule has 0 saturated heterocycles. The van der Waals surface area contributed by atoms with Crippen LogP contribution < -0.4 is 0 Å². The lowest BCUT2D eigenvalue weighted by Gasteiger charge is -2.56. The highest BCUT2D eigenvalue weighted by Crippen LogP contribution is 2.66. The highest BCUT2D eigenvalue weighted by molar-refractivity contribution is 5.57. The van der Waals surface area contributed by atoms with Gasteiger partial charge in [0.25, 0.3) is 0 Å². The predicted octanol–water partition coefficient (Wildman–Crippen LogP) is 6.96. The average molecular weight is 415 g/mol. The van der Waals surface area contributed by atoms with E-state index in [1.807, 2.05) is 0 Å². The first kappa shape index (κ1) is 22.6. The first-order chi connectivity index (χ1) is 14.2. The van der Waals surface area contributed by atoms with E-state index in [1.54, 1.807) is 11.1 Å². The van der Waals surface area contributed by atoms with Crippen molar-refractivity contribution >= 4 is 6.29 Å². The van der Waals surface area contributed by atoms with E-state index in [2.05, 4.69) is 34.6 Å². The van der Waals surface area contributed by atoms with Gasteiger partial charge in [0.2, 0.25) is 0 Å². The van der Waals surface area contributed by atoms with Gasteiger partial charge in [-0.15, -0.1) is 0 Å². The van der Waals surface area contributed by atoms with Gasteiger partial charge in [-0.05, 0) is 91.8 Å². The Bertz CT molecular complexity index is 678. The quantitative estimate of drug-likeness (QED) is 0.377. The first-order valence-electron chi connectivity index (χ1n) is 13.1. The molecule has 0 spiro atoms. The zero-order chi connectivity index (χ0) is 21.7. The molecule has 2 fully saturated rings. The lowest BCUT2D eigenvalue weighted by molar-refractivity contribution is -0.123. The van der Waals surface area contributed by atoms with Crippen LogP contribution in [-0.4, -0.2) is 17.5 Å². The molecule has 4 aliphatic rings. The number of fused-ring (bicyclic) bond motifs is 4. The van der Waals surface area contributed by atoms with Crippen molar-refractivity contribution in [1.29, 1.82) is 0 Å². The molecule has 0 amide bonds. The number of carbonyl (C=O) groups is 1. The monoisotopic (exact) mass is 414 g/mol. The number of aliphatic hydroxyl groups is 1. The summed E-state index contributed by atoms with van der Waals surface area (Å²) in [6, 6.07) is 0. The summed E-state index contributed by atoms with van der Waals surface area (Å²) in [7, 11) is 0. The SMILES string of the molecule is CC(C)CCCC(C)C1CCC2C3=C(CCC21C)C1(C)CCC(O)C(C=O)C1CC3. The Labute approximate surface area is 185 Å². The predicted molar refractivity (Wildman–Crippen MR) is 124 cm³/mol. The van der Waals surface area contributed by atoms with Gasteiger partial charge in [0.15, 0.2) is 0 Å². The standard InChI is InChI=1S/C28H46O2/c1-18(2)7-6-8-19(3)22-11-12-23-20-9-10-24-21(17-29)26(30)14-16-28(24,5)25(20)13-15-27(22,23)4/h17-19,21-24,26,30H,6-16H2,1-5H3. The average Bonchev–Trinajstić information content (AvgIpc) is 3.05. The number of hydrogen-bond donors (Lipinski definition) is 1. The molecule has 0 aliphatic heterocycles. The minimum atomic E-state index is -0.417. The number of rotatable bonds is 6. The summed E-state index contributed by atoms with van der Waals surface area (Å²) in [4.78, 5) is 11.8. The Balaban J connectivity index is 1.56. The molecular weight excluding hydrogens is 368 g/mol. The fourth-order valence-corrected chi connectivity index (χ4v) is 8.82. The van der Waals surface area contributed by atoms with Crippen molar-refractivity contribution in [1.82, 2.24) is 0 Å². The number of aliphatic hydroxyl groups excluding tert-OH is 1. The van der Waals surface area contributed by atoms with E-state index in [4.69, 9.17) is 0 Å². The molecule has 2 nitrogen and oxygen atoms in total. The van der Waals surface area contributed by atoms with Gasteiger partial charge in [-0.1, -0.05) is 65.0 Å². The molecule has 0 aromatic carbocycles. The lowest BCUT2D eigenvalue weighted by Crippen LogP contribution is -2.50. The Hall–Kier alpha value is -0.630. The highest BCUT2D eigenvalue weighted by Gasteiger charge is 2.57. The molecule has 1 N–H and O–H groups in total. The highest BCUT2D eigenvalue weighted by atomic mass is 16.3. The summed E-state index contributed by atoms with van der Waals surface area (Å²) >= 11 is 0. The largest absolute Gasteiger partial charge is 0.392 e. The fourth-order valence-electron chi connectivity index (χ4n) is 8.82. The first-order valence-corrected chi connectivity index (χ1v) is 13.1. The topological polar surface area (TPSA) is 37.3 Å². The Morgan fingerprint density at radius 3 is 2.50 bits per heavy atom. The third-order valence-electron chi connectivity index (χ3n) is 10.5. The van der Waals surface area contributed by atoms with Crippen LogP contribution in [0.4, 0.5) is 0 Å². The third kappa shape index (κ3) is 3.54. The van der Waals surface area contributed by atoms with Crippen LogP contribution in [0.25, 0.3) is 0 Å². The van der Waals surface area contributed by atoms with E-state index in [0.29, 0.717) is 11.3 Å². The summed E-state index contributed by atoms with van der Waals surface area (Å²) in [6.07, 6.45) is 14.4. The van der Waals surface area contributed by atoms with E-state index >= 15 is 0 Å². The molecule has 8 atom stereocenters. The number of aldehydes is 1. The van der Waals surface area contributed by atoms with Crippen LogP contribution in [0.1, 0.15) is 105 Å².